The summed E-state index contributed by atoms with van der Waals surface area (Å²) in [7, 11) is -8.80. The van der Waals surface area contributed by atoms with Gasteiger partial charge in [-0.05, 0) is 197 Å². The molecule has 5 saturated carbocycles. The Bertz CT molecular complexity index is 6940. The fourth-order valence-corrected chi connectivity index (χ4v) is 28.4. The van der Waals surface area contributed by atoms with E-state index in [0.717, 1.165) is 260 Å². The van der Waals surface area contributed by atoms with Crippen LogP contribution in [0.15, 0.2) is 136 Å². The summed E-state index contributed by atoms with van der Waals surface area (Å²) >= 11 is 0. The van der Waals surface area contributed by atoms with Gasteiger partial charge in [0.05, 0.1) is 68.7 Å². The van der Waals surface area contributed by atoms with Crippen LogP contribution < -0.4 is 51.5 Å². The Hall–Kier alpha value is -9.91. The molecule has 9 aromatic rings. The highest BCUT2D eigenvalue weighted by Crippen LogP contribution is 2.42. The average Bonchev–Trinajstić information content (AvgIpc) is 1.75. The lowest BCUT2D eigenvalue weighted by atomic mass is 9.65. The molecule has 1 aromatic carbocycles. The standard InChI is InChI=1S/C25H31BN4O3S.C18H26BN5O3S.C17H24BN5O3S.C17H23BN4O3S.C16H22BN5O3S/c1-29(16-18-7-4-3-5-8-18)34(32,33)17-19-11-13-20(14-12-19)25-24-21-9-6-10-23(21)27-15-22(24)26(31)30(2)28-25;1-3-24-19(25)15-10-22-18-14(8-9-21-18)16(15)17(23-24)13-6-4-12(5-7-13)11-28(26,27)20-2;1-19-27(25,26)10-11-3-5-12(6-4-11)16-15-13-7-8-20-17(13)21-9-14(15)18(24)23(2)22-16;1-19-26(24,25)10-11-5-7-12(8-6-11)17-16-13-3-2-4-15(13)20-9-14(16)18(23)22-21-17;1-3-6-26(24,25)21-11-7-10(8-11)15-14-12-4-5-18-16(12)19-9-13(14)17(23)22(2)20-15/h3-9,15,19-20,31H,10-14,16-17H2,1-2H3;8-10,12-13,20,25H,3-7,11H2,1-2H3,(H,21,22);7-9,11-12,19,24H,3-6,10H2,1-2H3,(H,20,21);2-3,9,11-12,19,22-23H,4-8,10H2,1H3;4-5,9-11,21,23H,3,6-8H2,1-2H3,(H,18,19). The van der Waals surface area contributed by atoms with Gasteiger partial charge in [-0.25, -0.2) is 80.2 Å². The first kappa shape index (κ1) is 103. The summed E-state index contributed by atoms with van der Waals surface area (Å²) in [5.74, 6) is 2.75. The number of fused-ring (bicyclic) bond motifs is 15. The minimum atomic E-state index is -3.33. The van der Waals surface area contributed by atoms with Gasteiger partial charge in [-0.3, -0.25) is 9.97 Å². The highest BCUT2D eigenvalue weighted by Gasteiger charge is 2.46. The van der Waals surface area contributed by atoms with E-state index < -0.39 is 85.4 Å². The number of aromatic amines is 3. The molecule has 13 N–H and O–H groups in total. The van der Waals surface area contributed by atoms with E-state index in [9.17, 15) is 67.2 Å². The van der Waals surface area contributed by atoms with Gasteiger partial charge in [0.25, 0.3) is 0 Å². The zero-order valence-corrected chi connectivity index (χ0v) is 85.2. The number of rotatable bonds is 24. The molecular weight excluding hydrogens is 1890 g/mol. The third-order valence-corrected chi connectivity index (χ3v) is 38.1. The summed E-state index contributed by atoms with van der Waals surface area (Å²) < 4.78 is 132. The molecule has 48 heteroatoms. The molecule has 8 aromatic heterocycles. The second kappa shape index (κ2) is 43.2. The number of hydrogen-bond donors (Lipinski definition) is 13. The van der Waals surface area contributed by atoms with Crippen LogP contribution in [0.1, 0.15) is 192 Å². The third-order valence-electron chi connectivity index (χ3n) is 29.9. The smallest absolute Gasteiger partial charge is 0.428 e. The molecule has 38 nitrogen and oxygen atoms in total. The van der Waals surface area contributed by atoms with E-state index in [0.29, 0.717) is 32.4 Å². The molecule has 13 heterocycles. The van der Waals surface area contributed by atoms with E-state index in [4.69, 9.17) is 15.3 Å². The summed E-state index contributed by atoms with van der Waals surface area (Å²) in [6.07, 6.45) is 40.2. The van der Waals surface area contributed by atoms with Crippen molar-refractivity contribution >= 4 is 186 Å². The molecule has 21 rings (SSSR count). The Morgan fingerprint density at radius 3 is 1.20 bits per heavy atom. The van der Waals surface area contributed by atoms with E-state index in [-0.39, 0.29) is 88.1 Å². The second-order valence-corrected chi connectivity index (χ2v) is 49.1. The van der Waals surface area contributed by atoms with Crippen LogP contribution >= 0.6 is 0 Å². The Kier molecular flexibility index (Phi) is 31.4. The first-order valence-corrected chi connectivity index (χ1v) is 57.3. The van der Waals surface area contributed by atoms with Crippen molar-refractivity contribution in [1.82, 2.24) is 88.1 Å². The van der Waals surface area contributed by atoms with E-state index in [1.54, 1.807) is 73.9 Å². The zero-order chi connectivity index (χ0) is 99.7. The minimum Gasteiger partial charge on any atom is -0.428 e. The Morgan fingerprint density at radius 1 is 0.426 bits per heavy atom. The normalized spacial score (nSPS) is 23.2. The summed E-state index contributed by atoms with van der Waals surface area (Å²) in [6.45, 7) is 4.82. The monoisotopic (exact) mass is 2020 g/mol. The number of hydrazone groups is 5. The predicted octanol–water partition coefficient (Wildman–Crippen LogP) is 3.17. The van der Waals surface area contributed by atoms with Crippen LogP contribution in [0.25, 0.3) is 45.3 Å². The molecule has 748 valence electrons. The molecule has 5 fully saturated rings. The van der Waals surface area contributed by atoms with Crippen LogP contribution in [-0.2, 0) is 69.5 Å². The van der Waals surface area contributed by atoms with Crippen LogP contribution in [0.3, 0.4) is 0 Å². The Morgan fingerprint density at radius 2 is 0.787 bits per heavy atom. The van der Waals surface area contributed by atoms with E-state index in [2.05, 4.69) is 98.6 Å². The van der Waals surface area contributed by atoms with E-state index >= 15 is 0 Å². The van der Waals surface area contributed by atoms with Gasteiger partial charge in [-0.1, -0.05) is 61.6 Å². The predicted molar refractivity (Wildman–Crippen MR) is 558 cm³/mol. The molecule has 0 amide bonds. The summed E-state index contributed by atoms with van der Waals surface area (Å²) in [5, 5.41) is 81.8. The molecule has 0 unspecified atom stereocenters. The van der Waals surface area contributed by atoms with Gasteiger partial charge in [-0.2, -0.15) is 25.5 Å². The lowest BCUT2D eigenvalue weighted by Crippen LogP contribution is -2.54. The molecular formula is C93H126B5N23O15S5. The molecule has 0 bridgehead atoms. The number of H-pyrrole nitrogens is 3. The van der Waals surface area contributed by atoms with Gasteiger partial charge in [0.15, 0.2) is 0 Å². The lowest BCUT2D eigenvalue weighted by molar-refractivity contribution is 0.315. The van der Waals surface area contributed by atoms with Crippen molar-refractivity contribution in [1.29, 1.82) is 0 Å². The first-order valence-electron chi connectivity index (χ1n) is 49.0. The molecule has 12 aliphatic rings. The summed E-state index contributed by atoms with van der Waals surface area (Å²) in [6, 6.07) is 15.5. The van der Waals surface area contributed by atoms with Gasteiger partial charge in [0, 0.05) is 222 Å². The van der Waals surface area contributed by atoms with Crippen LogP contribution in [-0.4, -0.2) is 286 Å². The van der Waals surface area contributed by atoms with Crippen LogP contribution in [0.5, 0.6) is 0 Å². The first-order chi connectivity index (χ1) is 67.5. The quantitative estimate of drug-likeness (QED) is 0.0386. The van der Waals surface area contributed by atoms with Crippen molar-refractivity contribution in [3.63, 3.8) is 0 Å². The number of sulfonamides is 5. The maximum absolute atomic E-state index is 13.0. The highest BCUT2D eigenvalue weighted by atomic mass is 32.2. The van der Waals surface area contributed by atoms with Gasteiger partial charge in [-0.15, -0.1) is 0 Å². The average molecular weight is 2020 g/mol. The SMILES string of the molecule is CCCS(=O)(=O)NC1CC(C2=NN(C)B(O)c3cnc4[nH]ccc4c32)C1.CCN1N=C(C2CCC(CS(=O)(=O)NC)CC2)c2c(cnc3[nH]ccc23)B1O.CN1N=C(C2CCC(CS(=O)(=O)N(C)Cc3ccccc3)CC2)c2c(cnc3c2C=CC3)B1O.CNS(=O)(=O)CC1CCC(C2=NN(C)B(O)c3cnc4[nH]ccc4c32)CC1.CNS(=O)(=O)CC1CCC(C2=NNB(O)c3cnc4c(c32)C=CC4)CC1. The molecule has 141 heavy (non-hydrogen) atoms. The van der Waals surface area contributed by atoms with E-state index in [1.807, 2.05) is 81.0 Å². The van der Waals surface area contributed by atoms with Crippen molar-refractivity contribution in [2.75, 3.05) is 84.6 Å². The van der Waals surface area contributed by atoms with Crippen LogP contribution in [0.4, 0.5) is 0 Å². The Balaban J connectivity index is 0.000000122. The fraction of sp³-hybridized carbons (Fsp3) is 0.505. The van der Waals surface area contributed by atoms with E-state index in [1.165, 1.54) is 30.4 Å². The number of allylic oxidation sites excluding steroid dienone is 2. The molecule has 7 aliphatic carbocycles. The Labute approximate surface area is 827 Å². The van der Waals surface area contributed by atoms with Gasteiger partial charge in [0.1, 0.15) is 16.9 Å². The summed E-state index contributed by atoms with van der Waals surface area (Å²) in [5.41, 5.74) is 21.2. The minimum absolute atomic E-state index is 0.0524. The van der Waals surface area contributed by atoms with Gasteiger partial charge < -0.3 is 65.1 Å². The zero-order valence-electron chi connectivity index (χ0n) is 81.1. The molecule has 0 spiro atoms. The van der Waals surface area contributed by atoms with Gasteiger partial charge in [0.2, 0.25) is 50.1 Å². The van der Waals surface area contributed by atoms with Crippen molar-refractivity contribution in [2.45, 2.75) is 161 Å². The number of pyridine rings is 5. The number of benzene rings is 1. The largest absolute Gasteiger partial charge is 0.468 e. The van der Waals surface area contributed by atoms with Crippen molar-refractivity contribution in [3.8, 4) is 0 Å². The number of hydrogen-bond acceptors (Lipinski definition) is 30. The number of nitrogens with zero attached hydrogens (tertiary/aromatic N) is 15. The molecule has 5 aliphatic heterocycles. The maximum atomic E-state index is 13.0. The number of nitrogens with one attached hydrogen (secondary N) is 8. The topological polar surface area (TPSA) is 522 Å². The van der Waals surface area contributed by atoms with Crippen molar-refractivity contribution in [3.05, 3.63) is 166 Å². The van der Waals surface area contributed by atoms with Crippen molar-refractivity contribution < 1.29 is 67.2 Å². The number of aromatic nitrogens is 8. The highest BCUT2D eigenvalue weighted by molar-refractivity contribution is 7.90. The van der Waals surface area contributed by atoms with Crippen LogP contribution in [0, 0.1) is 53.3 Å². The van der Waals surface area contributed by atoms with Gasteiger partial charge >= 0.3 is 35.3 Å². The van der Waals surface area contributed by atoms with Crippen molar-refractivity contribution in [2.24, 2.45) is 78.8 Å². The molecule has 0 saturated heterocycles. The summed E-state index contributed by atoms with van der Waals surface area (Å²) in [4.78, 5) is 38.0. The molecule has 0 atom stereocenters. The van der Waals surface area contributed by atoms with Crippen LogP contribution in [0.2, 0.25) is 0 Å². The molecule has 0 radical (unpaired) electrons. The lowest BCUT2D eigenvalue weighted by Gasteiger charge is -2.39. The second-order valence-electron chi connectivity index (χ2n) is 39.2. The third kappa shape index (κ3) is 22.5. The maximum Gasteiger partial charge on any atom is 0.468 e. The fourth-order valence-electron chi connectivity index (χ4n) is 22.2.